The Morgan fingerprint density at radius 3 is 2.65 bits per heavy atom. The largest absolute Gasteiger partial charge is 0.301 e. The van der Waals surface area contributed by atoms with Crippen molar-refractivity contribution in [1.82, 2.24) is 14.5 Å². The van der Waals surface area contributed by atoms with Gasteiger partial charge in [-0.05, 0) is 31.2 Å². The van der Waals surface area contributed by atoms with E-state index in [2.05, 4.69) is 14.9 Å². The normalized spacial score (nSPS) is 11.0. The zero-order valence-corrected chi connectivity index (χ0v) is 15.7. The molecule has 0 aliphatic rings. The first-order valence-corrected chi connectivity index (χ1v) is 9.95. The molecule has 0 unspecified atom stereocenters. The number of rotatable bonds is 5. The predicted octanol–water partition coefficient (Wildman–Crippen LogP) is 4.52. The van der Waals surface area contributed by atoms with E-state index in [1.165, 1.54) is 23.1 Å². The van der Waals surface area contributed by atoms with Crippen LogP contribution in [0.1, 0.15) is 5.69 Å². The smallest absolute Gasteiger partial charge is 0.236 e. The monoisotopic (exact) mass is 380 g/mol. The fourth-order valence-corrected chi connectivity index (χ4v) is 4.16. The molecule has 2 aromatic carbocycles. The Balaban J connectivity index is 1.59. The van der Waals surface area contributed by atoms with Crippen LogP contribution in [0.25, 0.3) is 16.7 Å². The van der Waals surface area contributed by atoms with Gasteiger partial charge in [-0.1, -0.05) is 42.1 Å². The quantitative estimate of drug-likeness (QED) is 0.517. The SMILES string of the molecule is Cc1csc(NC(=O)CSc2nc3ccccc3n2-c2ccccc2)n1. The van der Waals surface area contributed by atoms with Gasteiger partial charge in [-0.15, -0.1) is 11.3 Å². The second kappa shape index (κ2) is 7.31. The van der Waals surface area contributed by atoms with Crippen LogP contribution in [-0.4, -0.2) is 26.2 Å². The van der Waals surface area contributed by atoms with Crippen molar-refractivity contribution in [1.29, 1.82) is 0 Å². The van der Waals surface area contributed by atoms with Crippen molar-refractivity contribution in [3.63, 3.8) is 0 Å². The molecule has 7 heteroatoms. The minimum atomic E-state index is -0.0870. The molecule has 0 saturated carbocycles. The van der Waals surface area contributed by atoms with E-state index in [0.29, 0.717) is 5.13 Å². The van der Waals surface area contributed by atoms with Crippen molar-refractivity contribution < 1.29 is 4.79 Å². The first kappa shape index (κ1) is 16.8. The third kappa shape index (κ3) is 3.49. The van der Waals surface area contributed by atoms with Gasteiger partial charge in [0.25, 0.3) is 0 Å². The Hall–Kier alpha value is -2.64. The number of aryl methyl sites for hydroxylation is 1. The number of para-hydroxylation sites is 3. The molecule has 2 aromatic heterocycles. The van der Waals surface area contributed by atoms with Crippen molar-refractivity contribution in [2.75, 3.05) is 11.1 Å². The number of benzene rings is 2. The first-order chi connectivity index (χ1) is 12.7. The summed E-state index contributed by atoms with van der Waals surface area (Å²) >= 11 is 2.85. The number of fused-ring (bicyclic) bond motifs is 1. The van der Waals surface area contributed by atoms with Gasteiger partial charge in [0.05, 0.1) is 22.5 Å². The van der Waals surface area contributed by atoms with Crippen LogP contribution in [-0.2, 0) is 4.79 Å². The maximum Gasteiger partial charge on any atom is 0.236 e. The standard InChI is InChI=1S/C19H16N4OS2/c1-13-11-25-18(20-13)22-17(24)12-26-19-21-15-9-5-6-10-16(15)23(19)14-7-3-2-4-8-14/h2-11H,12H2,1H3,(H,20,22,24). The minimum absolute atomic E-state index is 0.0870. The van der Waals surface area contributed by atoms with Gasteiger partial charge in [-0.2, -0.15) is 0 Å². The number of carbonyl (C=O) groups excluding carboxylic acids is 1. The molecule has 0 aliphatic carbocycles. The second-order valence-corrected chi connectivity index (χ2v) is 7.49. The molecular weight excluding hydrogens is 364 g/mol. The lowest BCUT2D eigenvalue weighted by Crippen LogP contribution is -2.14. The molecule has 0 fully saturated rings. The van der Waals surface area contributed by atoms with E-state index in [9.17, 15) is 4.79 Å². The summed E-state index contributed by atoms with van der Waals surface area (Å²) in [5.41, 5.74) is 3.87. The van der Waals surface area contributed by atoms with Crippen LogP contribution in [0.4, 0.5) is 5.13 Å². The molecule has 2 heterocycles. The molecule has 26 heavy (non-hydrogen) atoms. The van der Waals surface area contributed by atoms with Crippen LogP contribution in [0.2, 0.25) is 0 Å². The van der Waals surface area contributed by atoms with E-state index in [1.807, 2.05) is 66.9 Å². The third-order valence-corrected chi connectivity index (χ3v) is 5.56. The molecule has 0 bridgehead atoms. The lowest BCUT2D eigenvalue weighted by atomic mass is 10.3. The van der Waals surface area contributed by atoms with Crippen LogP contribution in [0.15, 0.2) is 65.1 Å². The highest BCUT2D eigenvalue weighted by Gasteiger charge is 2.14. The molecule has 4 aromatic rings. The summed E-state index contributed by atoms with van der Waals surface area (Å²) in [4.78, 5) is 21.2. The van der Waals surface area contributed by atoms with Crippen molar-refractivity contribution in [3.8, 4) is 5.69 Å². The molecule has 0 atom stereocenters. The van der Waals surface area contributed by atoms with E-state index >= 15 is 0 Å². The number of hydrogen-bond donors (Lipinski definition) is 1. The van der Waals surface area contributed by atoms with E-state index in [0.717, 1.165) is 27.6 Å². The number of thioether (sulfide) groups is 1. The minimum Gasteiger partial charge on any atom is -0.301 e. The molecule has 0 spiro atoms. The van der Waals surface area contributed by atoms with Gasteiger partial charge in [0.1, 0.15) is 0 Å². The summed E-state index contributed by atoms with van der Waals surface area (Å²) in [6.07, 6.45) is 0. The summed E-state index contributed by atoms with van der Waals surface area (Å²) in [5.74, 6) is 0.186. The van der Waals surface area contributed by atoms with Gasteiger partial charge in [-0.3, -0.25) is 9.36 Å². The number of nitrogens with zero attached hydrogens (tertiary/aromatic N) is 3. The highest BCUT2D eigenvalue weighted by atomic mass is 32.2. The number of aromatic nitrogens is 3. The molecule has 4 rings (SSSR count). The van der Waals surface area contributed by atoms with Gasteiger partial charge >= 0.3 is 0 Å². The van der Waals surface area contributed by atoms with Gasteiger partial charge in [0, 0.05) is 11.1 Å². The second-order valence-electron chi connectivity index (χ2n) is 5.68. The maximum atomic E-state index is 12.3. The van der Waals surface area contributed by atoms with E-state index in [4.69, 9.17) is 4.98 Å². The topological polar surface area (TPSA) is 59.8 Å². The lowest BCUT2D eigenvalue weighted by molar-refractivity contribution is -0.113. The Bertz CT molecular complexity index is 1060. The molecule has 1 N–H and O–H groups in total. The van der Waals surface area contributed by atoms with Crippen molar-refractivity contribution in [3.05, 3.63) is 65.7 Å². The molecule has 130 valence electrons. The summed E-state index contributed by atoms with van der Waals surface area (Å²) in [6, 6.07) is 18.0. The summed E-state index contributed by atoms with van der Waals surface area (Å²) < 4.78 is 2.08. The van der Waals surface area contributed by atoms with Gasteiger partial charge in [0.2, 0.25) is 5.91 Å². The Kier molecular flexibility index (Phi) is 4.73. The molecule has 0 saturated heterocycles. The molecular formula is C19H16N4OS2. The number of amides is 1. The fraction of sp³-hybridized carbons (Fsp3) is 0.105. The van der Waals surface area contributed by atoms with Crippen LogP contribution in [0.5, 0.6) is 0 Å². The third-order valence-electron chi connectivity index (χ3n) is 3.74. The lowest BCUT2D eigenvalue weighted by Gasteiger charge is -2.08. The van der Waals surface area contributed by atoms with Gasteiger partial charge in [-0.25, -0.2) is 9.97 Å². The Morgan fingerprint density at radius 2 is 1.88 bits per heavy atom. The number of nitrogens with one attached hydrogen (secondary N) is 1. The highest BCUT2D eigenvalue weighted by molar-refractivity contribution is 7.99. The van der Waals surface area contributed by atoms with Gasteiger partial charge in [0.15, 0.2) is 10.3 Å². The number of carbonyl (C=O) groups is 1. The fourth-order valence-electron chi connectivity index (χ4n) is 2.62. The number of anilines is 1. The van der Waals surface area contributed by atoms with Crippen molar-refractivity contribution in [2.24, 2.45) is 0 Å². The van der Waals surface area contributed by atoms with Crippen molar-refractivity contribution >= 4 is 45.2 Å². The van der Waals surface area contributed by atoms with Crippen LogP contribution in [0.3, 0.4) is 0 Å². The Morgan fingerprint density at radius 1 is 1.12 bits per heavy atom. The van der Waals surface area contributed by atoms with Crippen LogP contribution < -0.4 is 5.32 Å². The predicted molar refractivity (Wildman–Crippen MR) is 107 cm³/mol. The average molecular weight is 380 g/mol. The molecule has 1 amide bonds. The van der Waals surface area contributed by atoms with E-state index in [-0.39, 0.29) is 11.7 Å². The van der Waals surface area contributed by atoms with Crippen molar-refractivity contribution in [2.45, 2.75) is 12.1 Å². The van der Waals surface area contributed by atoms with Gasteiger partial charge < -0.3 is 5.32 Å². The summed E-state index contributed by atoms with van der Waals surface area (Å²) in [5, 5.41) is 6.17. The zero-order valence-electron chi connectivity index (χ0n) is 14.0. The molecule has 0 radical (unpaired) electrons. The number of hydrogen-bond acceptors (Lipinski definition) is 5. The maximum absolute atomic E-state index is 12.3. The van der Waals surface area contributed by atoms with Crippen LogP contribution >= 0.6 is 23.1 Å². The Labute approximate surface area is 159 Å². The molecule has 0 aliphatic heterocycles. The van der Waals surface area contributed by atoms with E-state index in [1.54, 1.807) is 0 Å². The first-order valence-electron chi connectivity index (χ1n) is 8.08. The number of thiazole rings is 1. The zero-order chi connectivity index (χ0) is 17.9. The van der Waals surface area contributed by atoms with Crippen LogP contribution in [0, 0.1) is 6.92 Å². The number of imidazole rings is 1. The highest BCUT2D eigenvalue weighted by Crippen LogP contribution is 2.28. The summed E-state index contributed by atoms with van der Waals surface area (Å²) in [7, 11) is 0. The molecule has 5 nitrogen and oxygen atoms in total. The summed E-state index contributed by atoms with van der Waals surface area (Å²) in [6.45, 7) is 1.91. The average Bonchev–Trinajstić information content (AvgIpc) is 3.23. The van der Waals surface area contributed by atoms with E-state index < -0.39 is 0 Å².